The van der Waals surface area contributed by atoms with Gasteiger partial charge in [0, 0.05) is 28.3 Å². The van der Waals surface area contributed by atoms with Crippen LogP contribution in [0.3, 0.4) is 0 Å². The number of nitrogens with one attached hydrogen (secondary N) is 1. The van der Waals surface area contributed by atoms with Crippen molar-refractivity contribution in [1.82, 2.24) is 4.98 Å². The molecule has 0 aliphatic heterocycles. The van der Waals surface area contributed by atoms with Crippen LogP contribution in [0.15, 0.2) is 48.5 Å². The van der Waals surface area contributed by atoms with Crippen molar-refractivity contribution in [2.45, 2.75) is 32.1 Å². The maximum atomic E-state index is 6.09. The topological polar surface area (TPSA) is 24.9 Å². The summed E-state index contributed by atoms with van der Waals surface area (Å²) in [6.07, 6.45) is 5.71. The number of nitrogens with zero attached hydrogens (tertiary/aromatic N) is 1. The Bertz CT molecular complexity index is 873. The highest BCUT2D eigenvalue weighted by Gasteiger charge is 2.17. The molecule has 0 radical (unpaired) electrons. The molecule has 0 bridgehead atoms. The molecular weight excluding hydrogens is 316 g/mol. The molecule has 1 aliphatic carbocycles. The number of fused-ring (bicyclic) bond motifs is 2. The molecule has 24 heavy (non-hydrogen) atoms. The third-order valence-electron chi connectivity index (χ3n) is 4.77. The number of halogens is 1. The molecule has 0 spiro atoms. The van der Waals surface area contributed by atoms with Crippen molar-refractivity contribution in [3.05, 3.63) is 70.4 Å². The summed E-state index contributed by atoms with van der Waals surface area (Å²) in [7, 11) is 0. The third-order valence-corrected chi connectivity index (χ3v) is 5.01. The van der Waals surface area contributed by atoms with Crippen molar-refractivity contribution in [2.24, 2.45) is 0 Å². The van der Waals surface area contributed by atoms with E-state index in [0.29, 0.717) is 0 Å². The first-order chi connectivity index (χ1) is 11.8. The van der Waals surface area contributed by atoms with Gasteiger partial charge in [-0.05, 0) is 61.4 Å². The van der Waals surface area contributed by atoms with Gasteiger partial charge in [-0.2, -0.15) is 0 Å². The van der Waals surface area contributed by atoms with Crippen LogP contribution in [0.1, 0.15) is 29.7 Å². The van der Waals surface area contributed by atoms with Crippen LogP contribution in [0.5, 0.6) is 0 Å². The molecule has 0 saturated carbocycles. The van der Waals surface area contributed by atoms with Crippen LogP contribution in [0.4, 0.5) is 5.69 Å². The average Bonchev–Trinajstić information content (AvgIpc) is 2.61. The number of aromatic nitrogens is 1. The molecule has 122 valence electrons. The third kappa shape index (κ3) is 3.11. The number of para-hydroxylation sites is 1. The summed E-state index contributed by atoms with van der Waals surface area (Å²) in [5, 5.41) is 5.75. The maximum absolute atomic E-state index is 6.09. The Kier molecular flexibility index (Phi) is 4.40. The second-order valence-electron chi connectivity index (χ2n) is 6.44. The summed E-state index contributed by atoms with van der Waals surface area (Å²) >= 11 is 6.09. The van der Waals surface area contributed by atoms with Gasteiger partial charge in [0.2, 0.25) is 0 Å². The smallest absolute Gasteiger partial charge is 0.0726 e. The molecule has 2 nitrogen and oxygen atoms in total. The van der Waals surface area contributed by atoms with Gasteiger partial charge in [0.1, 0.15) is 0 Å². The lowest BCUT2D eigenvalue weighted by Crippen LogP contribution is -2.13. The van der Waals surface area contributed by atoms with Gasteiger partial charge in [-0.25, -0.2) is 0 Å². The first-order valence-corrected chi connectivity index (χ1v) is 9.08. The molecule has 0 unspecified atom stereocenters. The molecule has 3 aromatic rings. The summed E-state index contributed by atoms with van der Waals surface area (Å²) in [5.41, 5.74) is 6.36. The number of hydrogen-bond donors (Lipinski definition) is 1. The van der Waals surface area contributed by atoms with Gasteiger partial charge in [-0.3, -0.25) is 4.98 Å². The Morgan fingerprint density at radius 1 is 1.00 bits per heavy atom. The first kappa shape index (κ1) is 15.5. The van der Waals surface area contributed by atoms with Gasteiger partial charge >= 0.3 is 0 Å². The van der Waals surface area contributed by atoms with Crippen LogP contribution in [-0.2, 0) is 19.3 Å². The summed E-state index contributed by atoms with van der Waals surface area (Å²) < 4.78 is 0. The molecule has 1 aromatic heterocycles. The molecule has 1 aliphatic rings. The van der Waals surface area contributed by atoms with E-state index in [1.54, 1.807) is 0 Å². The van der Waals surface area contributed by atoms with Crippen LogP contribution in [0, 0.1) is 0 Å². The van der Waals surface area contributed by atoms with Gasteiger partial charge in [0.25, 0.3) is 0 Å². The van der Waals surface area contributed by atoms with Crippen molar-refractivity contribution < 1.29 is 0 Å². The van der Waals surface area contributed by atoms with E-state index in [-0.39, 0.29) is 0 Å². The predicted octanol–water partition coefficient (Wildman–Crippen LogP) is 5.42. The van der Waals surface area contributed by atoms with E-state index in [2.05, 4.69) is 35.6 Å². The van der Waals surface area contributed by atoms with Crippen molar-refractivity contribution in [2.75, 3.05) is 11.9 Å². The first-order valence-electron chi connectivity index (χ1n) is 8.70. The normalized spacial score (nSPS) is 13.7. The number of aryl methyl sites for hydroxylation is 1. The van der Waals surface area contributed by atoms with Gasteiger partial charge in [-0.15, -0.1) is 0 Å². The second kappa shape index (κ2) is 6.82. The summed E-state index contributed by atoms with van der Waals surface area (Å²) in [6.45, 7) is 0.904. The molecular formula is C21H21ClN2. The molecule has 0 atom stereocenters. The largest absolute Gasteiger partial charge is 0.384 e. The van der Waals surface area contributed by atoms with Crippen LogP contribution in [-0.4, -0.2) is 11.5 Å². The van der Waals surface area contributed by atoms with Crippen LogP contribution >= 0.6 is 11.6 Å². The minimum atomic E-state index is 0.805. The molecule has 1 heterocycles. The Hall–Kier alpha value is -2.06. The lowest BCUT2D eigenvalue weighted by Gasteiger charge is -2.21. The molecule has 3 heteroatoms. The van der Waals surface area contributed by atoms with E-state index < -0.39 is 0 Å². The fraction of sp³-hybridized carbons (Fsp3) is 0.286. The predicted molar refractivity (Wildman–Crippen MR) is 102 cm³/mol. The molecule has 4 rings (SSSR count). The number of hydrogen-bond acceptors (Lipinski definition) is 2. The molecule has 1 N–H and O–H groups in total. The fourth-order valence-corrected chi connectivity index (χ4v) is 3.81. The highest BCUT2D eigenvalue weighted by atomic mass is 35.5. The standard InChI is InChI=1S/C21H21ClN2/c22-16-7-5-6-15(14-16)12-13-23-21-17-8-1-3-10-19(17)24-20-11-4-2-9-18(20)21/h1,3,5-8,10,14H,2,4,9,11-13H2,(H,23,24). The number of pyridine rings is 1. The van der Waals surface area contributed by atoms with Crippen molar-refractivity contribution in [3.8, 4) is 0 Å². The Morgan fingerprint density at radius 3 is 2.79 bits per heavy atom. The van der Waals surface area contributed by atoms with Crippen molar-refractivity contribution in [3.63, 3.8) is 0 Å². The van der Waals surface area contributed by atoms with E-state index in [0.717, 1.165) is 36.3 Å². The van der Waals surface area contributed by atoms with Crippen molar-refractivity contribution in [1.29, 1.82) is 0 Å². The summed E-state index contributed by atoms with van der Waals surface area (Å²) in [5.74, 6) is 0. The lowest BCUT2D eigenvalue weighted by atomic mass is 9.92. The summed E-state index contributed by atoms with van der Waals surface area (Å²) in [6, 6.07) is 16.6. The molecule has 2 aromatic carbocycles. The fourth-order valence-electron chi connectivity index (χ4n) is 3.60. The van der Waals surface area contributed by atoms with E-state index >= 15 is 0 Å². The highest BCUT2D eigenvalue weighted by molar-refractivity contribution is 6.30. The average molecular weight is 337 g/mol. The highest BCUT2D eigenvalue weighted by Crippen LogP contribution is 2.33. The van der Waals surface area contributed by atoms with E-state index in [4.69, 9.17) is 16.6 Å². The minimum absolute atomic E-state index is 0.805. The number of anilines is 1. The van der Waals surface area contributed by atoms with E-state index in [1.165, 1.54) is 40.7 Å². The minimum Gasteiger partial charge on any atom is -0.384 e. The quantitative estimate of drug-likeness (QED) is 0.688. The van der Waals surface area contributed by atoms with E-state index in [1.807, 2.05) is 18.2 Å². The number of benzene rings is 2. The zero-order valence-electron chi connectivity index (χ0n) is 13.7. The van der Waals surface area contributed by atoms with Crippen LogP contribution in [0.2, 0.25) is 5.02 Å². The maximum Gasteiger partial charge on any atom is 0.0726 e. The second-order valence-corrected chi connectivity index (χ2v) is 6.88. The zero-order chi connectivity index (χ0) is 16.4. The summed E-state index contributed by atoms with van der Waals surface area (Å²) in [4.78, 5) is 4.90. The van der Waals surface area contributed by atoms with Gasteiger partial charge in [0.15, 0.2) is 0 Å². The van der Waals surface area contributed by atoms with E-state index in [9.17, 15) is 0 Å². The lowest BCUT2D eigenvalue weighted by molar-refractivity contribution is 0.672. The van der Waals surface area contributed by atoms with Gasteiger partial charge < -0.3 is 5.32 Å². The molecule has 0 saturated heterocycles. The SMILES string of the molecule is Clc1cccc(CCNc2c3c(nc4ccccc24)CCCC3)c1. The number of rotatable bonds is 4. The monoisotopic (exact) mass is 336 g/mol. The Balaban J connectivity index is 1.62. The molecule has 0 amide bonds. The molecule has 0 fully saturated rings. The zero-order valence-corrected chi connectivity index (χ0v) is 14.4. The van der Waals surface area contributed by atoms with Crippen LogP contribution in [0.25, 0.3) is 10.9 Å². The Morgan fingerprint density at radius 2 is 1.88 bits per heavy atom. The Labute approximate surface area is 147 Å². The van der Waals surface area contributed by atoms with Crippen molar-refractivity contribution >= 4 is 28.2 Å². The van der Waals surface area contributed by atoms with Gasteiger partial charge in [-0.1, -0.05) is 41.9 Å². The van der Waals surface area contributed by atoms with Gasteiger partial charge in [0.05, 0.1) is 5.52 Å². The van der Waals surface area contributed by atoms with Crippen LogP contribution < -0.4 is 5.32 Å².